The van der Waals surface area contributed by atoms with Crippen molar-refractivity contribution in [2.45, 2.75) is 33.2 Å². The van der Waals surface area contributed by atoms with Gasteiger partial charge in [-0.15, -0.1) is 0 Å². The van der Waals surface area contributed by atoms with Gasteiger partial charge in [0.15, 0.2) is 0 Å². The van der Waals surface area contributed by atoms with Crippen molar-refractivity contribution in [2.75, 3.05) is 24.7 Å². The minimum atomic E-state index is -3.81. The number of hydrogen-bond donors (Lipinski definition) is 1. The number of halogens is 1. The molecule has 0 saturated heterocycles. The highest BCUT2D eigenvalue weighted by atomic mass is 32.2. The van der Waals surface area contributed by atoms with Crippen LogP contribution in [0.4, 0.5) is 10.1 Å². The molecule has 0 aliphatic heterocycles. The van der Waals surface area contributed by atoms with E-state index < -0.39 is 21.7 Å². The maximum absolute atomic E-state index is 13.5. The number of carbonyl (C=O) groups excluding carboxylic acids is 1. The van der Waals surface area contributed by atoms with Gasteiger partial charge in [-0.25, -0.2) is 12.8 Å². The SMILES string of the molecule is CCc1noc(CC)c1CN(c1cc2oc(-c3ccc(F)cc3)c(C(=O)NC)c2cc1OC)S(C)(=O)=O. The standard InChI is InChI=1S/C26H28FN3O6S/c1-6-19-18(21(7-2)36-29-19)14-30(37(5,32)33)20-13-22-17(12-23(20)34-4)24(26(31)28-3)25(35-22)15-8-10-16(27)11-9-15/h8-13H,6-7,14H2,1-5H3,(H,28,31). The Morgan fingerprint density at radius 3 is 2.43 bits per heavy atom. The molecule has 0 unspecified atom stereocenters. The molecule has 0 radical (unpaired) electrons. The number of furan rings is 1. The van der Waals surface area contributed by atoms with Gasteiger partial charge in [-0.3, -0.25) is 9.10 Å². The van der Waals surface area contributed by atoms with Gasteiger partial charge in [-0.05, 0) is 36.8 Å². The lowest BCUT2D eigenvalue weighted by atomic mass is 10.0. The molecular formula is C26H28FN3O6S. The number of nitrogens with one attached hydrogen (secondary N) is 1. The maximum Gasteiger partial charge on any atom is 0.255 e. The molecule has 0 aliphatic rings. The highest BCUT2D eigenvalue weighted by Crippen LogP contribution is 2.41. The Morgan fingerprint density at radius 1 is 1.16 bits per heavy atom. The van der Waals surface area contributed by atoms with E-state index in [4.69, 9.17) is 13.7 Å². The summed E-state index contributed by atoms with van der Waals surface area (Å²) in [5.41, 5.74) is 2.56. The Kier molecular flexibility index (Phi) is 7.26. The third-order valence-electron chi connectivity index (χ3n) is 6.13. The molecule has 0 spiro atoms. The number of nitrogens with zero attached hydrogens (tertiary/aromatic N) is 2. The minimum Gasteiger partial charge on any atom is -0.495 e. The molecule has 1 amide bonds. The normalized spacial score (nSPS) is 11.6. The van der Waals surface area contributed by atoms with Crippen molar-refractivity contribution in [2.24, 2.45) is 0 Å². The zero-order valence-corrected chi connectivity index (χ0v) is 22.0. The highest BCUT2D eigenvalue weighted by Gasteiger charge is 2.29. The van der Waals surface area contributed by atoms with E-state index >= 15 is 0 Å². The van der Waals surface area contributed by atoms with Crippen LogP contribution in [0.5, 0.6) is 5.75 Å². The van der Waals surface area contributed by atoms with Crippen molar-refractivity contribution in [3.8, 4) is 17.1 Å². The largest absolute Gasteiger partial charge is 0.495 e. The summed E-state index contributed by atoms with van der Waals surface area (Å²) in [5.74, 6) is 0.199. The summed E-state index contributed by atoms with van der Waals surface area (Å²) in [6, 6.07) is 8.64. The summed E-state index contributed by atoms with van der Waals surface area (Å²) in [6.07, 6.45) is 2.22. The lowest BCUT2D eigenvalue weighted by Crippen LogP contribution is -2.30. The molecule has 0 bridgehead atoms. The number of aromatic nitrogens is 1. The number of carbonyl (C=O) groups is 1. The van der Waals surface area contributed by atoms with Gasteiger partial charge in [0.25, 0.3) is 5.91 Å². The van der Waals surface area contributed by atoms with Crippen molar-refractivity contribution in [3.63, 3.8) is 0 Å². The minimum absolute atomic E-state index is 0.0234. The van der Waals surface area contributed by atoms with Crippen LogP contribution in [0.2, 0.25) is 0 Å². The molecule has 4 rings (SSSR count). The molecule has 2 aromatic heterocycles. The number of ether oxygens (including phenoxy) is 1. The molecule has 0 saturated carbocycles. The fraction of sp³-hybridized carbons (Fsp3) is 0.308. The van der Waals surface area contributed by atoms with Gasteiger partial charge in [0.2, 0.25) is 10.0 Å². The second-order valence-electron chi connectivity index (χ2n) is 8.42. The Morgan fingerprint density at radius 2 is 1.86 bits per heavy atom. The first kappa shape index (κ1) is 26.2. The topological polar surface area (TPSA) is 115 Å². The van der Waals surface area contributed by atoms with E-state index in [1.54, 1.807) is 6.07 Å². The van der Waals surface area contributed by atoms with Crippen LogP contribution in [-0.4, -0.2) is 39.9 Å². The van der Waals surface area contributed by atoms with Crippen LogP contribution in [0.25, 0.3) is 22.3 Å². The van der Waals surface area contributed by atoms with Crippen LogP contribution in [-0.2, 0) is 29.4 Å². The number of sulfonamides is 1. The number of rotatable bonds is 9. The average molecular weight is 530 g/mol. The number of amides is 1. The Hall–Kier alpha value is -3.86. The first-order chi connectivity index (χ1) is 17.6. The number of fused-ring (bicyclic) bond motifs is 1. The van der Waals surface area contributed by atoms with Crippen LogP contribution in [0, 0.1) is 5.82 Å². The van der Waals surface area contributed by atoms with Gasteiger partial charge in [-0.1, -0.05) is 19.0 Å². The summed E-state index contributed by atoms with van der Waals surface area (Å²) in [4.78, 5) is 12.9. The van der Waals surface area contributed by atoms with Crippen LogP contribution in [0.15, 0.2) is 45.3 Å². The number of benzene rings is 2. The zero-order chi connectivity index (χ0) is 26.9. The Labute approximate surface area is 214 Å². The van der Waals surface area contributed by atoms with Crippen molar-refractivity contribution >= 4 is 32.6 Å². The third-order valence-corrected chi connectivity index (χ3v) is 7.25. The molecule has 0 atom stereocenters. The van der Waals surface area contributed by atoms with Crippen LogP contribution < -0.4 is 14.4 Å². The van der Waals surface area contributed by atoms with Gasteiger partial charge in [-0.2, -0.15) is 0 Å². The van der Waals surface area contributed by atoms with Crippen LogP contribution in [0.3, 0.4) is 0 Å². The zero-order valence-electron chi connectivity index (χ0n) is 21.2. The third kappa shape index (κ3) is 4.91. The van der Waals surface area contributed by atoms with E-state index in [1.807, 2.05) is 13.8 Å². The van der Waals surface area contributed by atoms with Crippen molar-refractivity contribution in [1.82, 2.24) is 10.5 Å². The fourth-order valence-corrected chi connectivity index (χ4v) is 5.13. The molecule has 9 nitrogen and oxygen atoms in total. The Bertz CT molecular complexity index is 1540. The monoisotopic (exact) mass is 529 g/mol. The van der Waals surface area contributed by atoms with E-state index in [0.29, 0.717) is 40.8 Å². The van der Waals surface area contributed by atoms with Crippen molar-refractivity contribution in [1.29, 1.82) is 0 Å². The second-order valence-corrected chi connectivity index (χ2v) is 10.3. The smallest absolute Gasteiger partial charge is 0.255 e. The number of hydrogen-bond acceptors (Lipinski definition) is 7. The predicted molar refractivity (Wildman–Crippen MR) is 138 cm³/mol. The first-order valence-electron chi connectivity index (χ1n) is 11.7. The van der Waals surface area contributed by atoms with Crippen molar-refractivity contribution in [3.05, 3.63) is 64.8 Å². The molecule has 11 heteroatoms. The quantitative estimate of drug-likeness (QED) is 0.335. The summed E-state index contributed by atoms with van der Waals surface area (Å²) >= 11 is 0. The lowest BCUT2D eigenvalue weighted by molar-refractivity contribution is 0.0964. The van der Waals surface area contributed by atoms with E-state index in [1.165, 1.54) is 48.8 Å². The molecule has 1 N–H and O–H groups in total. The fourth-order valence-electron chi connectivity index (χ4n) is 4.27. The summed E-state index contributed by atoms with van der Waals surface area (Å²) in [6.45, 7) is 3.80. The predicted octanol–water partition coefficient (Wildman–Crippen LogP) is 4.69. The Balaban J connectivity index is 1.95. The molecule has 2 aromatic carbocycles. The van der Waals surface area contributed by atoms with Crippen molar-refractivity contribution < 1.29 is 31.3 Å². The van der Waals surface area contributed by atoms with Crippen LogP contribution >= 0.6 is 0 Å². The summed E-state index contributed by atoms with van der Waals surface area (Å²) < 4.78 is 57.9. The van der Waals surface area contributed by atoms with Gasteiger partial charge in [0.1, 0.15) is 28.7 Å². The molecule has 4 aromatic rings. The first-order valence-corrected chi connectivity index (χ1v) is 13.5. The highest BCUT2D eigenvalue weighted by molar-refractivity contribution is 7.92. The second kappa shape index (κ2) is 10.3. The molecular weight excluding hydrogens is 501 g/mol. The lowest BCUT2D eigenvalue weighted by Gasteiger charge is -2.24. The van der Waals surface area contributed by atoms with E-state index in [0.717, 1.165) is 6.26 Å². The van der Waals surface area contributed by atoms with Crippen LogP contribution in [0.1, 0.15) is 41.2 Å². The molecule has 37 heavy (non-hydrogen) atoms. The summed E-state index contributed by atoms with van der Waals surface area (Å²) in [5, 5.41) is 7.11. The number of anilines is 1. The maximum atomic E-state index is 13.5. The van der Waals surface area contributed by atoms with E-state index in [-0.39, 0.29) is 34.9 Å². The van der Waals surface area contributed by atoms with E-state index in [2.05, 4.69) is 10.5 Å². The average Bonchev–Trinajstić information content (AvgIpc) is 3.45. The number of methoxy groups -OCH3 is 1. The molecule has 0 fully saturated rings. The molecule has 196 valence electrons. The van der Waals surface area contributed by atoms with Gasteiger partial charge in [0, 0.05) is 36.0 Å². The van der Waals surface area contributed by atoms with Gasteiger partial charge >= 0.3 is 0 Å². The van der Waals surface area contributed by atoms with Gasteiger partial charge < -0.3 is 19.0 Å². The van der Waals surface area contributed by atoms with E-state index in [9.17, 15) is 17.6 Å². The number of aryl methyl sites for hydroxylation is 2. The van der Waals surface area contributed by atoms with Gasteiger partial charge in [0.05, 0.1) is 36.9 Å². The molecule has 2 heterocycles. The summed E-state index contributed by atoms with van der Waals surface area (Å²) in [7, 11) is -0.900. The molecule has 0 aliphatic carbocycles.